The lowest BCUT2D eigenvalue weighted by Gasteiger charge is -2.32. The molecule has 0 spiro atoms. The van der Waals surface area contributed by atoms with Gasteiger partial charge in [0.15, 0.2) is 0 Å². The van der Waals surface area contributed by atoms with Crippen LogP contribution in [0.15, 0.2) is 48.5 Å². The van der Waals surface area contributed by atoms with Crippen LogP contribution < -0.4 is 0 Å². The maximum Gasteiger partial charge on any atom is 0.261 e. The molecule has 2 unspecified atom stereocenters. The van der Waals surface area contributed by atoms with E-state index in [0.717, 1.165) is 25.7 Å². The molecule has 0 bridgehead atoms. The lowest BCUT2D eigenvalue weighted by atomic mass is 9.98. The zero-order valence-electron chi connectivity index (χ0n) is 15.0. The number of hydrogen-bond acceptors (Lipinski definition) is 3. The minimum atomic E-state index is -0.199. The summed E-state index contributed by atoms with van der Waals surface area (Å²) in [5.41, 5.74) is 3.53. The number of amides is 2. The first kappa shape index (κ1) is 17.0. The van der Waals surface area contributed by atoms with Gasteiger partial charge in [0.05, 0.1) is 29.9 Å². The van der Waals surface area contributed by atoms with Gasteiger partial charge in [0, 0.05) is 0 Å². The summed E-state index contributed by atoms with van der Waals surface area (Å²) < 4.78 is 6.23. The van der Waals surface area contributed by atoms with Crippen molar-refractivity contribution in [3.63, 3.8) is 0 Å². The first-order valence-corrected chi connectivity index (χ1v) is 9.28. The molecule has 2 heterocycles. The summed E-state index contributed by atoms with van der Waals surface area (Å²) in [6.45, 7) is 2.43. The van der Waals surface area contributed by atoms with E-state index in [2.05, 4.69) is 31.2 Å². The molecule has 4 rings (SSSR count). The molecule has 2 atom stereocenters. The Kier molecular flexibility index (Phi) is 4.60. The molecule has 2 aliphatic rings. The van der Waals surface area contributed by atoms with E-state index < -0.39 is 0 Å². The summed E-state index contributed by atoms with van der Waals surface area (Å²) in [7, 11) is 0. The molecule has 2 aromatic rings. The van der Waals surface area contributed by atoms with Crippen LogP contribution in [0.1, 0.15) is 51.1 Å². The van der Waals surface area contributed by atoms with Gasteiger partial charge in [-0.15, -0.1) is 0 Å². The molecule has 134 valence electrons. The van der Waals surface area contributed by atoms with E-state index in [1.807, 2.05) is 0 Å². The number of fused-ring (bicyclic) bond motifs is 1. The average molecular weight is 349 g/mol. The number of carbonyl (C=O) groups is 2. The van der Waals surface area contributed by atoms with E-state index in [0.29, 0.717) is 17.7 Å². The van der Waals surface area contributed by atoms with Gasteiger partial charge >= 0.3 is 0 Å². The molecule has 2 aliphatic heterocycles. The van der Waals surface area contributed by atoms with E-state index in [4.69, 9.17) is 4.74 Å². The van der Waals surface area contributed by atoms with Crippen LogP contribution in [0.3, 0.4) is 0 Å². The molecule has 0 aromatic heterocycles. The number of imide groups is 1. The molecule has 4 heteroatoms. The first-order valence-electron chi connectivity index (χ1n) is 9.28. The molecular formula is C22H23NO3. The molecule has 1 saturated heterocycles. The standard InChI is InChI=1S/C22H23NO3/c1-15-9-11-16(12-10-15)13-17-5-4-6-18(26-17)14-23-21(24)19-7-2-3-8-20(19)22(23)25/h2-3,7-12,17-18H,4-6,13-14H2,1H3. The van der Waals surface area contributed by atoms with Crippen LogP contribution in [0.4, 0.5) is 0 Å². The van der Waals surface area contributed by atoms with Gasteiger partial charge in [-0.2, -0.15) is 0 Å². The Morgan fingerprint density at radius 3 is 2.19 bits per heavy atom. The summed E-state index contributed by atoms with van der Waals surface area (Å²) >= 11 is 0. The number of hydrogen-bond donors (Lipinski definition) is 0. The zero-order chi connectivity index (χ0) is 18.1. The zero-order valence-corrected chi connectivity index (χ0v) is 15.0. The third-order valence-electron chi connectivity index (χ3n) is 5.29. The number of aryl methyl sites for hydroxylation is 1. The lowest BCUT2D eigenvalue weighted by molar-refractivity contribution is -0.0561. The Hall–Kier alpha value is -2.46. The summed E-state index contributed by atoms with van der Waals surface area (Å²) in [6.07, 6.45) is 3.90. The highest BCUT2D eigenvalue weighted by Crippen LogP contribution is 2.27. The first-order chi connectivity index (χ1) is 12.6. The predicted molar refractivity (Wildman–Crippen MR) is 99.2 cm³/mol. The van der Waals surface area contributed by atoms with Crippen molar-refractivity contribution in [2.24, 2.45) is 0 Å². The summed E-state index contributed by atoms with van der Waals surface area (Å²) in [5, 5.41) is 0. The van der Waals surface area contributed by atoms with Crippen molar-refractivity contribution in [3.05, 3.63) is 70.8 Å². The van der Waals surface area contributed by atoms with Crippen LogP contribution in [0.25, 0.3) is 0 Å². The third kappa shape index (κ3) is 3.29. The van der Waals surface area contributed by atoms with Gasteiger partial charge < -0.3 is 4.74 Å². The van der Waals surface area contributed by atoms with Gasteiger partial charge in [-0.05, 0) is 50.3 Å². The minimum Gasteiger partial charge on any atom is -0.373 e. The molecular weight excluding hydrogens is 326 g/mol. The fourth-order valence-corrected chi connectivity index (χ4v) is 3.86. The van der Waals surface area contributed by atoms with Crippen molar-refractivity contribution in [1.82, 2.24) is 4.90 Å². The summed E-state index contributed by atoms with van der Waals surface area (Å²) in [4.78, 5) is 26.4. The number of nitrogens with zero attached hydrogens (tertiary/aromatic N) is 1. The van der Waals surface area contributed by atoms with Crippen LogP contribution in [-0.2, 0) is 11.2 Å². The normalized spacial score (nSPS) is 22.6. The highest BCUT2D eigenvalue weighted by molar-refractivity contribution is 6.21. The van der Waals surface area contributed by atoms with Gasteiger partial charge in [0.2, 0.25) is 0 Å². The smallest absolute Gasteiger partial charge is 0.261 e. The largest absolute Gasteiger partial charge is 0.373 e. The van der Waals surface area contributed by atoms with E-state index in [-0.39, 0.29) is 24.0 Å². The number of carbonyl (C=O) groups excluding carboxylic acids is 2. The highest BCUT2D eigenvalue weighted by Gasteiger charge is 2.37. The molecule has 26 heavy (non-hydrogen) atoms. The maximum atomic E-state index is 12.5. The Balaban J connectivity index is 1.40. The quantitative estimate of drug-likeness (QED) is 0.790. The molecule has 0 N–H and O–H groups in total. The SMILES string of the molecule is Cc1ccc(CC2CCCC(CN3C(=O)c4ccccc4C3=O)O2)cc1. The molecule has 0 saturated carbocycles. The predicted octanol–water partition coefficient (Wildman–Crippen LogP) is 3.77. The van der Waals surface area contributed by atoms with Crippen molar-refractivity contribution in [1.29, 1.82) is 0 Å². The van der Waals surface area contributed by atoms with Crippen LogP contribution >= 0.6 is 0 Å². The van der Waals surface area contributed by atoms with E-state index in [1.165, 1.54) is 16.0 Å². The molecule has 2 aromatic carbocycles. The van der Waals surface area contributed by atoms with E-state index in [1.54, 1.807) is 24.3 Å². The van der Waals surface area contributed by atoms with Gasteiger partial charge in [-0.25, -0.2) is 0 Å². The van der Waals surface area contributed by atoms with E-state index in [9.17, 15) is 9.59 Å². The van der Waals surface area contributed by atoms with Gasteiger partial charge in [-0.3, -0.25) is 14.5 Å². The van der Waals surface area contributed by atoms with Crippen molar-refractivity contribution >= 4 is 11.8 Å². The van der Waals surface area contributed by atoms with Gasteiger partial charge in [0.1, 0.15) is 0 Å². The van der Waals surface area contributed by atoms with Crippen molar-refractivity contribution < 1.29 is 14.3 Å². The topological polar surface area (TPSA) is 46.6 Å². The van der Waals surface area contributed by atoms with Crippen molar-refractivity contribution in [2.75, 3.05) is 6.54 Å². The second kappa shape index (κ2) is 7.04. The van der Waals surface area contributed by atoms with Gasteiger partial charge in [0.25, 0.3) is 11.8 Å². The summed E-state index contributed by atoms with van der Waals surface area (Å²) in [5.74, 6) is -0.398. The molecule has 0 aliphatic carbocycles. The number of rotatable bonds is 4. The Labute approximate surface area is 153 Å². The van der Waals surface area contributed by atoms with Crippen LogP contribution in [-0.4, -0.2) is 35.5 Å². The summed E-state index contributed by atoms with van der Waals surface area (Å²) in [6, 6.07) is 15.6. The minimum absolute atomic E-state index is 0.0820. The second-order valence-electron chi connectivity index (χ2n) is 7.27. The lowest BCUT2D eigenvalue weighted by Crippen LogP contribution is -2.41. The second-order valence-corrected chi connectivity index (χ2v) is 7.27. The molecule has 0 radical (unpaired) electrons. The monoisotopic (exact) mass is 349 g/mol. The third-order valence-corrected chi connectivity index (χ3v) is 5.29. The molecule has 1 fully saturated rings. The van der Waals surface area contributed by atoms with Crippen molar-refractivity contribution in [2.45, 2.75) is 44.8 Å². The van der Waals surface area contributed by atoms with Crippen LogP contribution in [0.2, 0.25) is 0 Å². The number of benzene rings is 2. The fraction of sp³-hybridized carbons (Fsp3) is 0.364. The Bertz CT molecular complexity index is 793. The van der Waals surface area contributed by atoms with Crippen LogP contribution in [0.5, 0.6) is 0 Å². The average Bonchev–Trinajstić information content (AvgIpc) is 2.89. The van der Waals surface area contributed by atoms with E-state index >= 15 is 0 Å². The highest BCUT2D eigenvalue weighted by atomic mass is 16.5. The van der Waals surface area contributed by atoms with Crippen molar-refractivity contribution in [3.8, 4) is 0 Å². The fourth-order valence-electron chi connectivity index (χ4n) is 3.86. The number of ether oxygens (including phenoxy) is 1. The Morgan fingerprint density at radius 1 is 0.923 bits per heavy atom. The van der Waals surface area contributed by atoms with Gasteiger partial charge in [-0.1, -0.05) is 42.0 Å². The Morgan fingerprint density at radius 2 is 1.54 bits per heavy atom. The van der Waals surface area contributed by atoms with Crippen LogP contribution in [0, 0.1) is 6.92 Å². The maximum absolute atomic E-state index is 12.5. The molecule has 4 nitrogen and oxygen atoms in total. The molecule has 2 amide bonds.